The molecule has 3 aromatic rings. The number of benzene rings is 2. The van der Waals surface area contributed by atoms with Crippen LogP contribution in [-0.2, 0) is 4.79 Å². The van der Waals surface area contributed by atoms with Crippen molar-refractivity contribution in [2.75, 3.05) is 24.8 Å². The van der Waals surface area contributed by atoms with Gasteiger partial charge >= 0.3 is 0 Å². The van der Waals surface area contributed by atoms with Crippen LogP contribution in [0.15, 0.2) is 48.7 Å². The summed E-state index contributed by atoms with van der Waals surface area (Å²) in [5.41, 5.74) is 2.23. The number of carbonyl (C=O) groups excluding carboxylic acids is 2. The molecule has 138 valence electrons. The maximum absolute atomic E-state index is 12.6. The minimum Gasteiger partial charge on any atom is -0.454 e. The van der Waals surface area contributed by atoms with Crippen molar-refractivity contribution in [3.63, 3.8) is 0 Å². The lowest BCUT2D eigenvalue weighted by atomic mass is 10.2. The van der Waals surface area contributed by atoms with E-state index in [9.17, 15) is 9.59 Å². The summed E-state index contributed by atoms with van der Waals surface area (Å²) in [4.78, 5) is 29.8. The van der Waals surface area contributed by atoms with E-state index in [2.05, 4.69) is 10.3 Å². The van der Waals surface area contributed by atoms with E-state index >= 15 is 0 Å². The summed E-state index contributed by atoms with van der Waals surface area (Å²) in [6.45, 7) is 2.47. The molecule has 7 nitrogen and oxygen atoms in total. The maximum atomic E-state index is 12.6. The number of aromatic nitrogens is 1. The van der Waals surface area contributed by atoms with E-state index in [1.807, 2.05) is 37.4 Å². The van der Waals surface area contributed by atoms with E-state index < -0.39 is 0 Å². The molecule has 2 heterocycles. The summed E-state index contributed by atoms with van der Waals surface area (Å²) in [5, 5.41) is 3.70. The number of nitrogens with zero attached hydrogens (tertiary/aromatic N) is 1. The molecule has 1 aliphatic heterocycles. The van der Waals surface area contributed by atoms with Crippen LogP contribution < -0.4 is 19.7 Å². The molecule has 0 spiro atoms. The number of likely N-dealkylation sites (N-methyl/N-ethyl adjacent to an activating group) is 1. The normalized spacial score (nSPS) is 12.2. The summed E-state index contributed by atoms with van der Waals surface area (Å²) >= 11 is 0. The average Bonchev–Trinajstić information content (AvgIpc) is 3.34. The number of hydrogen-bond acceptors (Lipinski definition) is 4. The Morgan fingerprint density at radius 3 is 2.81 bits per heavy atom. The van der Waals surface area contributed by atoms with Crippen LogP contribution in [0.3, 0.4) is 0 Å². The highest BCUT2D eigenvalue weighted by atomic mass is 16.7. The van der Waals surface area contributed by atoms with Crippen LogP contribution in [-0.4, -0.2) is 36.7 Å². The molecule has 1 aromatic heterocycles. The largest absolute Gasteiger partial charge is 0.454 e. The zero-order valence-electron chi connectivity index (χ0n) is 14.8. The van der Waals surface area contributed by atoms with Crippen molar-refractivity contribution in [3.05, 3.63) is 54.2 Å². The topological polar surface area (TPSA) is 83.7 Å². The predicted molar refractivity (Wildman–Crippen MR) is 101 cm³/mol. The summed E-state index contributed by atoms with van der Waals surface area (Å²) < 4.78 is 10.5. The molecule has 4 rings (SSSR count). The second-order valence-electron chi connectivity index (χ2n) is 6.14. The Morgan fingerprint density at radius 1 is 1.11 bits per heavy atom. The van der Waals surface area contributed by atoms with Gasteiger partial charge in [0, 0.05) is 34.9 Å². The lowest BCUT2D eigenvalue weighted by Gasteiger charge is -2.21. The molecular formula is C20H19N3O4. The second-order valence-corrected chi connectivity index (χ2v) is 6.14. The summed E-state index contributed by atoms with van der Waals surface area (Å²) in [5.74, 6) is 0.629. The molecular weight excluding hydrogens is 346 g/mol. The Balaban J connectivity index is 1.43. The molecule has 27 heavy (non-hydrogen) atoms. The first kappa shape index (κ1) is 17.0. The van der Waals surface area contributed by atoms with E-state index in [1.54, 1.807) is 23.1 Å². The molecule has 0 aliphatic carbocycles. The zero-order chi connectivity index (χ0) is 18.8. The van der Waals surface area contributed by atoms with E-state index in [4.69, 9.17) is 9.47 Å². The van der Waals surface area contributed by atoms with E-state index in [0.717, 1.165) is 16.6 Å². The third kappa shape index (κ3) is 3.31. The maximum Gasteiger partial charge on any atom is 0.251 e. The average molecular weight is 365 g/mol. The number of H-pyrrole nitrogens is 1. The molecule has 2 aromatic carbocycles. The molecule has 0 saturated carbocycles. The third-order valence-electron chi connectivity index (χ3n) is 4.50. The molecule has 0 bridgehead atoms. The Kier molecular flexibility index (Phi) is 4.42. The van der Waals surface area contributed by atoms with Gasteiger partial charge in [0.05, 0.1) is 6.54 Å². The second kappa shape index (κ2) is 7.03. The van der Waals surface area contributed by atoms with Crippen LogP contribution in [0.1, 0.15) is 17.3 Å². The predicted octanol–water partition coefficient (Wildman–Crippen LogP) is 2.68. The van der Waals surface area contributed by atoms with Crippen LogP contribution in [0.25, 0.3) is 10.9 Å². The molecule has 0 saturated heterocycles. The van der Waals surface area contributed by atoms with E-state index in [0.29, 0.717) is 23.6 Å². The Hall–Kier alpha value is -3.48. The standard InChI is InChI=1S/C20H19N3O4/c1-2-23(15-4-5-16-13(9-15)7-8-21-16)19(24)11-22-20(25)14-3-6-17-18(10-14)27-12-26-17/h3-10,21H,2,11-12H2,1H3,(H,22,25). The van der Waals surface area contributed by atoms with E-state index in [1.165, 1.54) is 0 Å². The third-order valence-corrected chi connectivity index (χ3v) is 4.50. The molecule has 1 aliphatic rings. The minimum atomic E-state index is -0.334. The highest BCUT2D eigenvalue weighted by Gasteiger charge is 2.18. The van der Waals surface area contributed by atoms with Crippen LogP contribution in [0.2, 0.25) is 0 Å². The van der Waals surface area contributed by atoms with Gasteiger partial charge in [0.2, 0.25) is 12.7 Å². The van der Waals surface area contributed by atoms with Gasteiger partial charge in [-0.25, -0.2) is 0 Å². The van der Waals surface area contributed by atoms with Gasteiger partial charge in [-0.1, -0.05) is 0 Å². The number of fused-ring (bicyclic) bond motifs is 2. The van der Waals surface area contributed by atoms with Gasteiger partial charge in [-0.05, 0) is 49.4 Å². The summed E-state index contributed by atoms with van der Waals surface area (Å²) in [6, 6.07) is 12.7. The van der Waals surface area contributed by atoms with Crippen molar-refractivity contribution < 1.29 is 19.1 Å². The highest BCUT2D eigenvalue weighted by Crippen LogP contribution is 2.32. The lowest BCUT2D eigenvalue weighted by molar-refractivity contribution is -0.117. The van der Waals surface area contributed by atoms with Crippen molar-refractivity contribution in [3.8, 4) is 11.5 Å². The van der Waals surface area contributed by atoms with Crippen LogP contribution >= 0.6 is 0 Å². The van der Waals surface area contributed by atoms with E-state index in [-0.39, 0.29) is 25.2 Å². The molecule has 0 unspecified atom stereocenters. The van der Waals surface area contributed by atoms with Crippen LogP contribution in [0.4, 0.5) is 5.69 Å². The van der Waals surface area contributed by atoms with Gasteiger partial charge in [0.1, 0.15) is 0 Å². The number of nitrogens with one attached hydrogen (secondary N) is 2. The summed E-state index contributed by atoms with van der Waals surface area (Å²) in [7, 11) is 0. The van der Waals surface area contributed by atoms with Gasteiger partial charge in [-0.15, -0.1) is 0 Å². The number of anilines is 1. The van der Waals surface area contributed by atoms with Crippen LogP contribution in [0.5, 0.6) is 11.5 Å². The fraction of sp³-hybridized carbons (Fsp3) is 0.200. The zero-order valence-corrected chi connectivity index (χ0v) is 14.8. The number of carbonyl (C=O) groups is 2. The van der Waals surface area contributed by atoms with Gasteiger partial charge in [0.15, 0.2) is 11.5 Å². The smallest absolute Gasteiger partial charge is 0.251 e. The first-order valence-electron chi connectivity index (χ1n) is 8.71. The first-order chi connectivity index (χ1) is 13.2. The number of rotatable bonds is 5. The fourth-order valence-corrected chi connectivity index (χ4v) is 3.10. The van der Waals surface area contributed by atoms with Gasteiger partial charge < -0.3 is 24.7 Å². The molecule has 2 N–H and O–H groups in total. The number of aromatic amines is 1. The molecule has 2 amide bonds. The van der Waals surface area contributed by atoms with Gasteiger partial charge in [0.25, 0.3) is 5.91 Å². The van der Waals surface area contributed by atoms with Gasteiger partial charge in [-0.3, -0.25) is 9.59 Å². The van der Waals surface area contributed by atoms with Crippen molar-refractivity contribution in [1.29, 1.82) is 0 Å². The monoisotopic (exact) mass is 365 g/mol. The Bertz CT molecular complexity index is 1010. The fourth-order valence-electron chi connectivity index (χ4n) is 3.10. The Morgan fingerprint density at radius 2 is 1.96 bits per heavy atom. The van der Waals surface area contributed by atoms with Crippen molar-refractivity contribution in [1.82, 2.24) is 10.3 Å². The van der Waals surface area contributed by atoms with Crippen LogP contribution in [0, 0.1) is 0 Å². The molecule has 0 radical (unpaired) electrons. The van der Waals surface area contributed by atoms with Crippen molar-refractivity contribution >= 4 is 28.4 Å². The molecule has 7 heteroatoms. The van der Waals surface area contributed by atoms with Gasteiger partial charge in [-0.2, -0.15) is 0 Å². The minimum absolute atomic E-state index is 0.0910. The molecule has 0 fully saturated rings. The van der Waals surface area contributed by atoms with Crippen molar-refractivity contribution in [2.45, 2.75) is 6.92 Å². The number of ether oxygens (including phenoxy) is 2. The number of hydrogen-bond donors (Lipinski definition) is 2. The highest BCUT2D eigenvalue weighted by molar-refractivity contribution is 6.01. The SMILES string of the molecule is CCN(C(=O)CNC(=O)c1ccc2c(c1)OCO2)c1ccc2[nH]ccc2c1. The Labute approximate surface area is 155 Å². The number of amides is 2. The quantitative estimate of drug-likeness (QED) is 0.728. The molecule has 0 atom stereocenters. The lowest BCUT2D eigenvalue weighted by Crippen LogP contribution is -2.40. The first-order valence-corrected chi connectivity index (χ1v) is 8.71. The summed E-state index contributed by atoms with van der Waals surface area (Å²) in [6.07, 6.45) is 1.86. The van der Waals surface area contributed by atoms with Crippen molar-refractivity contribution in [2.24, 2.45) is 0 Å².